The highest BCUT2D eigenvalue weighted by atomic mass is 15.5. The third kappa shape index (κ3) is 1.03. The number of hydrazone groups is 1. The Morgan fingerprint density at radius 1 is 1.58 bits per heavy atom. The molecule has 0 fully saturated rings. The average Bonchev–Trinajstić information content (AvgIpc) is 2.58. The van der Waals surface area contributed by atoms with Crippen molar-refractivity contribution in [1.82, 2.24) is 9.55 Å². The Kier molecular flexibility index (Phi) is 1.49. The summed E-state index contributed by atoms with van der Waals surface area (Å²) < 4.78 is 1.92. The van der Waals surface area contributed by atoms with E-state index < -0.39 is 0 Å². The van der Waals surface area contributed by atoms with Crippen molar-refractivity contribution >= 4 is 11.8 Å². The van der Waals surface area contributed by atoms with Gasteiger partial charge in [0.15, 0.2) is 0 Å². The van der Waals surface area contributed by atoms with Crippen LogP contribution in [0.2, 0.25) is 0 Å². The van der Waals surface area contributed by atoms with Crippen LogP contribution in [0.25, 0.3) is 0 Å². The summed E-state index contributed by atoms with van der Waals surface area (Å²) in [4.78, 5) is 4.16. The Bertz CT molecular complexity index is 313. The van der Waals surface area contributed by atoms with Crippen molar-refractivity contribution in [1.29, 1.82) is 0 Å². The monoisotopic (exact) mass is 165 g/mol. The fourth-order valence-corrected chi connectivity index (χ4v) is 1.23. The molecule has 0 aliphatic carbocycles. The van der Waals surface area contributed by atoms with E-state index in [1.807, 2.05) is 22.8 Å². The highest BCUT2D eigenvalue weighted by Crippen LogP contribution is 2.14. The Morgan fingerprint density at radius 2 is 2.42 bits per heavy atom. The lowest BCUT2D eigenvalue weighted by molar-refractivity contribution is 0.803. The van der Waals surface area contributed by atoms with Crippen LogP contribution in [0, 0.1) is 0 Å². The number of imidazole rings is 1. The normalized spacial score (nSPS) is 16.8. The minimum atomic E-state index is 0.679. The first-order valence-corrected chi connectivity index (χ1v) is 3.85. The number of aryl methyl sites for hydroxylation is 1. The van der Waals surface area contributed by atoms with E-state index in [1.54, 1.807) is 6.20 Å². The van der Waals surface area contributed by atoms with Crippen LogP contribution in [0.3, 0.4) is 0 Å². The van der Waals surface area contributed by atoms with E-state index in [0.29, 0.717) is 5.84 Å². The Labute approximate surface area is 70.5 Å². The van der Waals surface area contributed by atoms with Gasteiger partial charge in [0.2, 0.25) is 5.95 Å². The number of nitrogens with zero attached hydrogens (tertiary/aromatic N) is 4. The number of hydrogen-bond acceptors (Lipinski definition) is 4. The van der Waals surface area contributed by atoms with Crippen LogP contribution in [-0.2, 0) is 7.05 Å². The first kappa shape index (κ1) is 7.15. The second-order valence-corrected chi connectivity index (χ2v) is 2.80. The standard InChI is InChI=1S/C7H11N5/c1-11-5-3-9-7(11)12-4-2-6(8)10-12/h3,5H,2,4H2,1H3,(H2,8,10). The van der Waals surface area contributed by atoms with E-state index in [2.05, 4.69) is 10.1 Å². The van der Waals surface area contributed by atoms with Crippen LogP contribution in [0.1, 0.15) is 6.42 Å². The summed E-state index contributed by atoms with van der Waals surface area (Å²) in [6.45, 7) is 0.830. The van der Waals surface area contributed by atoms with Gasteiger partial charge < -0.3 is 10.3 Å². The molecule has 64 valence electrons. The average molecular weight is 165 g/mol. The zero-order chi connectivity index (χ0) is 8.55. The fourth-order valence-electron chi connectivity index (χ4n) is 1.23. The second-order valence-electron chi connectivity index (χ2n) is 2.80. The van der Waals surface area contributed by atoms with Gasteiger partial charge in [-0.3, -0.25) is 0 Å². The zero-order valence-electron chi connectivity index (χ0n) is 6.94. The molecular weight excluding hydrogens is 154 g/mol. The van der Waals surface area contributed by atoms with Crippen molar-refractivity contribution < 1.29 is 0 Å². The quantitative estimate of drug-likeness (QED) is 0.632. The van der Waals surface area contributed by atoms with Crippen molar-refractivity contribution in [3.8, 4) is 0 Å². The number of amidine groups is 1. The molecule has 0 saturated heterocycles. The molecule has 0 bridgehead atoms. The van der Waals surface area contributed by atoms with Crippen LogP contribution >= 0.6 is 0 Å². The van der Waals surface area contributed by atoms with Gasteiger partial charge in [-0.15, -0.1) is 0 Å². The molecule has 0 radical (unpaired) electrons. The summed E-state index contributed by atoms with van der Waals surface area (Å²) in [5.74, 6) is 1.52. The van der Waals surface area contributed by atoms with Crippen LogP contribution in [0.4, 0.5) is 5.95 Å². The molecule has 2 rings (SSSR count). The molecule has 0 atom stereocenters. The number of rotatable bonds is 1. The third-order valence-corrected chi connectivity index (χ3v) is 1.86. The van der Waals surface area contributed by atoms with Crippen molar-refractivity contribution in [2.24, 2.45) is 17.9 Å². The van der Waals surface area contributed by atoms with E-state index in [-0.39, 0.29) is 0 Å². The molecule has 1 aliphatic heterocycles. The summed E-state index contributed by atoms with van der Waals surface area (Å²) in [5.41, 5.74) is 5.55. The number of nitrogens with two attached hydrogens (primary N) is 1. The third-order valence-electron chi connectivity index (χ3n) is 1.86. The molecule has 0 amide bonds. The van der Waals surface area contributed by atoms with Gasteiger partial charge >= 0.3 is 0 Å². The molecule has 0 aromatic carbocycles. The molecule has 5 heteroatoms. The molecular formula is C7H11N5. The van der Waals surface area contributed by atoms with Gasteiger partial charge in [-0.05, 0) is 0 Å². The highest BCUT2D eigenvalue weighted by Gasteiger charge is 2.16. The fraction of sp³-hybridized carbons (Fsp3) is 0.429. The molecule has 12 heavy (non-hydrogen) atoms. The van der Waals surface area contributed by atoms with E-state index in [1.165, 1.54) is 0 Å². The molecule has 1 aromatic rings. The number of hydrogen-bond donors (Lipinski definition) is 1. The Balaban J connectivity index is 2.27. The van der Waals surface area contributed by atoms with Crippen molar-refractivity contribution in [2.75, 3.05) is 11.6 Å². The molecule has 5 nitrogen and oxygen atoms in total. The Morgan fingerprint density at radius 3 is 2.92 bits per heavy atom. The maximum Gasteiger partial charge on any atom is 0.226 e. The summed E-state index contributed by atoms with van der Waals surface area (Å²) >= 11 is 0. The summed E-state index contributed by atoms with van der Waals surface area (Å²) in [7, 11) is 1.94. The lowest BCUT2D eigenvalue weighted by Gasteiger charge is -2.11. The predicted octanol–water partition coefficient (Wildman–Crippen LogP) is -0.0976. The van der Waals surface area contributed by atoms with Gasteiger partial charge in [-0.25, -0.2) is 9.99 Å². The van der Waals surface area contributed by atoms with E-state index >= 15 is 0 Å². The minimum absolute atomic E-state index is 0.679. The highest BCUT2D eigenvalue weighted by molar-refractivity contribution is 5.83. The first-order chi connectivity index (χ1) is 5.77. The first-order valence-electron chi connectivity index (χ1n) is 3.85. The molecule has 1 aliphatic rings. The lowest BCUT2D eigenvalue weighted by Crippen LogP contribution is -2.16. The predicted molar refractivity (Wildman–Crippen MR) is 46.8 cm³/mol. The van der Waals surface area contributed by atoms with Crippen molar-refractivity contribution in [3.05, 3.63) is 12.4 Å². The van der Waals surface area contributed by atoms with Crippen molar-refractivity contribution in [3.63, 3.8) is 0 Å². The summed E-state index contributed by atoms with van der Waals surface area (Å²) in [5, 5.41) is 5.95. The van der Waals surface area contributed by atoms with Gasteiger partial charge in [-0.1, -0.05) is 0 Å². The molecule has 2 heterocycles. The van der Waals surface area contributed by atoms with Crippen LogP contribution in [-0.4, -0.2) is 21.9 Å². The number of anilines is 1. The topological polar surface area (TPSA) is 59.4 Å². The van der Waals surface area contributed by atoms with Gasteiger partial charge in [0, 0.05) is 25.9 Å². The van der Waals surface area contributed by atoms with Gasteiger partial charge in [0.1, 0.15) is 5.84 Å². The molecule has 0 saturated carbocycles. The maximum atomic E-state index is 5.55. The van der Waals surface area contributed by atoms with Crippen LogP contribution < -0.4 is 10.7 Å². The molecule has 0 unspecified atom stereocenters. The lowest BCUT2D eigenvalue weighted by atomic mass is 10.4. The van der Waals surface area contributed by atoms with Crippen molar-refractivity contribution in [2.45, 2.75) is 6.42 Å². The van der Waals surface area contributed by atoms with E-state index in [4.69, 9.17) is 5.73 Å². The maximum absolute atomic E-state index is 5.55. The van der Waals surface area contributed by atoms with E-state index in [9.17, 15) is 0 Å². The van der Waals surface area contributed by atoms with Gasteiger partial charge in [0.05, 0.1) is 6.54 Å². The van der Waals surface area contributed by atoms with Gasteiger partial charge in [0.25, 0.3) is 0 Å². The minimum Gasteiger partial charge on any atom is -0.386 e. The van der Waals surface area contributed by atoms with Gasteiger partial charge in [-0.2, -0.15) is 5.10 Å². The second kappa shape index (κ2) is 2.51. The zero-order valence-corrected chi connectivity index (χ0v) is 6.94. The van der Waals surface area contributed by atoms with Crippen LogP contribution in [0.15, 0.2) is 17.5 Å². The SMILES string of the molecule is Cn1ccnc1N1CCC(N)=N1. The molecule has 2 N–H and O–H groups in total. The Hall–Kier alpha value is -1.52. The largest absolute Gasteiger partial charge is 0.386 e. The van der Waals surface area contributed by atoms with E-state index in [0.717, 1.165) is 18.9 Å². The molecule has 0 spiro atoms. The summed E-state index contributed by atoms with van der Waals surface area (Å²) in [6.07, 6.45) is 4.46. The smallest absolute Gasteiger partial charge is 0.226 e. The summed E-state index contributed by atoms with van der Waals surface area (Å²) in [6, 6.07) is 0. The van der Waals surface area contributed by atoms with Crippen LogP contribution in [0.5, 0.6) is 0 Å². The number of aromatic nitrogens is 2. The molecule has 1 aromatic heterocycles.